The summed E-state index contributed by atoms with van der Waals surface area (Å²) in [7, 11) is 0. The van der Waals surface area contributed by atoms with Crippen molar-refractivity contribution >= 4 is 21.8 Å². The predicted octanol–water partition coefficient (Wildman–Crippen LogP) is 4.62. The van der Waals surface area contributed by atoms with Crippen LogP contribution in [0.1, 0.15) is 29.1 Å². The van der Waals surface area contributed by atoms with Crippen LogP contribution >= 0.6 is 0 Å². The number of aromatic amines is 1. The predicted molar refractivity (Wildman–Crippen MR) is 74.5 cm³/mol. The minimum Gasteiger partial charge on any atom is -0.354 e. The van der Waals surface area contributed by atoms with Gasteiger partial charge in [-0.2, -0.15) is 0 Å². The molecule has 1 heteroatoms. The van der Waals surface area contributed by atoms with Crippen LogP contribution in [0.25, 0.3) is 21.8 Å². The molecule has 0 atom stereocenters. The van der Waals surface area contributed by atoms with E-state index in [0.29, 0.717) is 12.1 Å². The van der Waals surface area contributed by atoms with E-state index in [9.17, 15) is 0 Å². The van der Waals surface area contributed by atoms with Crippen molar-refractivity contribution in [1.82, 2.24) is 4.98 Å². The van der Waals surface area contributed by atoms with Gasteiger partial charge in [0, 0.05) is 16.3 Å². The molecule has 0 aliphatic carbocycles. The molecule has 0 fully saturated rings. The van der Waals surface area contributed by atoms with Gasteiger partial charge in [0.05, 0.1) is 8.26 Å². The van der Waals surface area contributed by atoms with Gasteiger partial charge in [0.1, 0.15) is 0 Å². The summed E-state index contributed by atoms with van der Waals surface area (Å²) >= 11 is 0. The van der Waals surface area contributed by atoms with Crippen molar-refractivity contribution in [2.75, 3.05) is 0 Å². The van der Waals surface area contributed by atoms with Crippen LogP contribution in [0.2, 0.25) is 0 Å². The fourth-order valence-corrected chi connectivity index (χ4v) is 2.33. The van der Waals surface area contributed by atoms with Crippen molar-refractivity contribution in [3.05, 3.63) is 48.0 Å². The van der Waals surface area contributed by atoms with Gasteiger partial charge in [-0.3, -0.25) is 0 Å². The van der Waals surface area contributed by atoms with Crippen LogP contribution in [0.5, 0.6) is 0 Å². The van der Waals surface area contributed by atoms with E-state index in [1.54, 1.807) is 6.07 Å². The lowest BCUT2D eigenvalue weighted by Crippen LogP contribution is -2.11. The molecule has 0 saturated carbocycles. The molecular formula is C16H17N. The highest BCUT2D eigenvalue weighted by molar-refractivity contribution is 6.08. The van der Waals surface area contributed by atoms with E-state index in [1.807, 2.05) is 24.3 Å². The maximum atomic E-state index is 8.00. The number of aromatic nitrogens is 1. The van der Waals surface area contributed by atoms with Gasteiger partial charge in [-0.25, -0.2) is 0 Å². The van der Waals surface area contributed by atoms with Crippen molar-refractivity contribution in [3.8, 4) is 0 Å². The Kier molecular flexibility index (Phi) is 1.65. The van der Waals surface area contributed by atoms with Crippen LogP contribution in [0, 0.1) is 0 Å². The standard InChI is InChI=1S/C16H17N/c1-16(2,3)13-9-6-8-12-11-7-4-5-10-14(11)17-15(12)13/h4-10,17H,1-3H3/i4D,6D. The Morgan fingerprint density at radius 3 is 2.53 bits per heavy atom. The molecule has 0 bridgehead atoms. The SMILES string of the molecule is [2H]c1ccc2[nH]c3c(C(C)(C)C)cc([2H])cc3c2c1. The summed E-state index contributed by atoms with van der Waals surface area (Å²) in [4.78, 5) is 3.44. The number of nitrogens with one attached hydrogen (secondary N) is 1. The molecule has 1 nitrogen and oxygen atoms in total. The number of fused-ring (bicyclic) bond motifs is 3. The van der Waals surface area contributed by atoms with Gasteiger partial charge in [-0.05, 0) is 17.0 Å². The van der Waals surface area contributed by atoms with Crippen molar-refractivity contribution < 1.29 is 2.74 Å². The van der Waals surface area contributed by atoms with Crippen LogP contribution in [-0.2, 0) is 5.41 Å². The van der Waals surface area contributed by atoms with Crippen molar-refractivity contribution in [2.45, 2.75) is 26.2 Å². The van der Waals surface area contributed by atoms with Crippen LogP contribution in [-0.4, -0.2) is 4.98 Å². The Morgan fingerprint density at radius 2 is 1.76 bits per heavy atom. The third kappa shape index (κ3) is 1.54. The van der Waals surface area contributed by atoms with Crippen LogP contribution in [0.4, 0.5) is 0 Å². The molecule has 3 aromatic rings. The van der Waals surface area contributed by atoms with E-state index >= 15 is 0 Å². The zero-order valence-electron chi connectivity index (χ0n) is 12.4. The summed E-state index contributed by atoms with van der Waals surface area (Å²) in [5.74, 6) is 0. The Balaban J connectivity index is 2.50. The first kappa shape index (κ1) is 8.35. The molecule has 17 heavy (non-hydrogen) atoms. The lowest BCUT2D eigenvalue weighted by molar-refractivity contribution is 0.595. The fraction of sp³-hybridized carbons (Fsp3) is 0.250. The first-order chi connectivity index (χ1) is 8.86. The average molecular weight is 225 g/mol. The first-order valence-corrected chi connectivity index (χ1v) is 5.89. The summed E-state index contributed by atoms with van der Waals surface area (Å²) in [6, 6.07) is 10.4. The zero-order valence-corrected chi connectivity index (χ0v) is 10.4. The topological polar surface area (TPSA) is 15.8 Å². The van der Waals surface area contributed by atoms with E-state index < -0.39 is 0 Å². The molecule has 0 saturated heterocycles. The van der Waals surface area contributed by atoms with Crippen LogP contribution in [0.15, 0.2) is 42.4 Å². The zero-order chi connectivity index (χ0) is 13.8. The van der Waals surface area contributed by atoms with Crippen LogP contribution < -0.4 is 0 Å². The monoisotopic (exact) mass is 225 g/mol. The van der Waals surface area contributed by atoms with Gasteiger partial charge < -0.3 is 4.98 Å². The van der Waals surface area contributed by atoms with E-state index in [0.717, 1.165) is 27.4 Å². The molecule has 0 unspecified atom stereocenters. The Hall–Kier alpha value is -1.76. The first-order valence-electron chi connectivity index (χ1n) is 6.89. The van der Waals surface area contributed by atoms with Gasteiger partial charge in [-0.1, -0.05) is 57.1 Å². The second-order valence-electron chi connectivity index (χ2n) is 5.50. The van der Waals surface area contributed by atoms with Gasteiger partial charge in [0.25, 0.3) is 0 Å². The molecule has 1 N–H and O–H groups in total. The number of para-hydroxylation sites is 2. The minimum atomic E-state index is -0.0139. The second-order valence-corrected chi connectivity index (χ2v) is 5.50. The fourth-order valence-electron chi connectivity index (χ4n) is 2.33. The maximum Gasteiger partial charge on any atom is 0.0623 e. The molecular weight excluding hydrogens is 206 g/mol. The Labute approximate surface area is 104 Å². The molecule has 2 aromatic carbocycles. The summed E-state index contributed by atoms with van der Waals surface area (Å²) in [6.07, 6.45) is 0. The van der Waals surface area contributed by atoms with Crippen molar-refractivity contribution in [1.29, 1.82) is 0 Å². The molecule has 0 amide bonds. The molecule has 0 aliphatic heterocycles. The normalized spacial score (nSPS) is 14.1. The number of rotatable bonds is 0. The highest BCUT2D eigenvalue weighted by Crippen LogP contribution is 2.33. The summed E-state index contributed by atoms with van der Waals surface area (Å²) in [6.45, 7) is 6.47. The molecule has 0 spiro atoms. The second kappa shape index (κ2) is 3.36. The molecule has 86 valence electrons. The summed E-state index contributed by atoms with van der Waals surface area (Å²) in [5.41, 5.74) is 3.25. The lowest BCUT2D eigenvalue weighted by Gasteiger charge is -2.19. The third-order valence-electron chi connectivity index (χ3n) is 3.22. The van der Waals surface area contributed by atoms with E-state index in [4.69, 9.17) is 2.74 Å². The quantitative estimate of drug-likeness (QED) is 0.574. The van der Waals surface area contributed by atoms with E-state index in [2.05, 4.69) is 25.8 Å². The molecule has 0 radical (unpaired) electrons. The minimum absolute atomic E-state index is 0.0139. The number of H-pyrrole nitrogens is 1. The Bertz CT molecular complexity index is 779. The largest absolute Gasteiger partial charge is 0.354 e. The molecule has 0 aliphatic rings. The van der Waals surface area contributed by atoms with E-state index in [1.165, 1.54) is 0 Å². The number of hydrogen-bond acceptors (Lipinski definition) is 0. The van der Waals surface area contributed by atoms with Crippen LogP contribution in [0.3, 0.4) is 0 Å². The molecule has 1 aromatic heterocycles. The van der Waals surface area contributed by atoms with Gasteiger partial charge >= 0.3 is 0 Å². The number of hydrogen-bond donors (Lipinski definition) is 1. The van der Waals surface area contributed by atoms with E-state index in [-0.39, 0.29) is 5.41 Å². The van der Waals surface area contributed by atoms with Gasteiger partial charge in [-0.15, -0.1) is 0 Å². The smallest absolute Gasteiger partial charge is 0.0623 e. The summed E-state index contributed by atoms with van der Waals surface area (Å²) < 4.78 is 15.8. The highest BCUT2D eigenvalue weighted by atomic mass is 14.7. The molecule has 1 heterocycles. The lowest BCUT2D eigenvalue weighted by atomic mass is 9.86. The van der Waals surface area contributed by atoms with Gasteiger partial charge in [0.2, 0.25) is 0 Å². The van der Waals surface area contributed by atoms with Crippen molar-refractivity contribution in [3.63, 3.8) is 0 Å². The third-order valence-corrected chi connectivity index (χ3v) is 3.22. The highest BCUT2D eigenvalue weighted by Gasteiger charge is 2.18. The van der Waals surface area contributed by atoms with Crippen molar-refractivity contribution in [2.24, 2.45) is 0 Å². The molecule has 3 rings (SSSR count). The Morgan fingerprint density at radius 1 is 1.00 bits per heavy atom. The summed E-state index contributed by atoms with van der Waals surface area (Å²) in [5, 5.41) is 2.07. The number of benzene rings is 2. The average Bonchev–Trinajstić information content (AvgIpc) is 2.65. The maximum absolute atomic E-state index is 8.00. The van der Waals surface area contributed by atoms with Gasteiger partial charge in [0.15, 0.2) is 0 Å².